The number of benzene rings is 1. The molecule has 1 aliphatic rings. The molecule has 12 heavy (non-hydrogen) atoms. The Bertz CT molecular complexity index is 266. The van der Waals surface area contributed by atoms with Crippen molar-refractivity contribution in [2.24, 2.45) is 5.73 Å². The van der Waals surface area contributed by atoms with Crippen LogP contribution in [-0.4, -0.2) is 10.6 Å². The zero-order chi connectivity index (χ0) is 8.60. The predicted molar refractivity (Wildman–Crippen MR) is 47.6 cm³/mol. The lowest BCUT2D eigenvalue weighted by atomic mass is 10.0. The Balaban J connectivity index is 2.20. The summed E-state index contributed by atoms with van der Waals surface area (Å²) in [6.07, 6.45) is 1.38. The Labute approximate surface area is 72.0 Å². The van der Waals surface area contributed by atoms with Gasteiger partial charge in [0.05, 0.1) is 6.10 Å². The second-order valence-corrected chi connectivity index (χ2v) is 3.55. The molecule has 2 heteroatoms. The smallest absolute Gasteiger partial charge is 0.0969 e. The molecule has 2 nitrogen and oxygen atoms in total. The lowest BCUT2D eigenvalue weighted by Gasteiger charge is -2.17. The molecule has 0 aromatic heterocycles. The summed E-state index contributed by atoms with van der Waals surface area (Å²) in [7, 11) is 0. The average molecular weight is 163 g/mol. The van der Waals surface area contributed by atoms with E-state index in [1.54, 1.807) is 0 Å². The molecule has 0 spiro atoms. The van der Waals surface area contributed by atoms with Crippen LogP contribution in [0.4, 0.5) is 0 Å². The molecule has 1 aliphatic carbocycles. The third kappa shape index (κ3) is 1.24. The highest BCUT2D eigenvalue weighted by Crippen LogP contribution is 2.43. The van der Waals surface area contributed by atoms with Crippen LogP contribution < -0.4 is 5.73 Å². The molecule has 0 aliphatic heterocycles. The van der Waals surface area contributed by atoms with Crippen molar-refractivity contribution in [2.45, 2.75) is 24.5 Å². The fourth-order valence-electron chi connectivity index (χ4n) is 1.39. The average Bonchev–Trinajstić information content (AvgIpc) is 2.85. The number of rotatable bonds is 2. The van der Waals surface area contributed by atoms with E-state index < -0.39 is 6.10 Å². The van der Waals surface area contributed by atoms with Crippen LogP contribution in [-0.2, 0) is 0 Å². The van der Waals surface area contributed by atoms with Crippen LogP contribution in [0.3, 0.4) is 0 Å². The van der Waals surface area contributed by atoms with Gasteiger partial charge in [-0.05, 0) is 18.4 Å². The molecule has 0 amide bonds. The van der Waals surface area contributed by atoms with Crippen molar-refractivity contribution in [1.82, 2.24) is 0 Å². The van der Waals surface area contributed by atoms with Crippen LogP contribution in [0.2, 0.25) is 0 Å². The molecule has 0 radical (unpaired) electrons. The lowest BCUT2D eigenvalue weighted by Crippen LogP contribution is -2.30. The molecule has 64 valence electrons. The number of hydrogen-bond donors (Lipinski definition) is 2. The maximum Gasteiger partial charge on any atom is 0.0969 e. The quantitative estimate of drug-likeness (QED) is 0.688. The van der Waals surface area contributed by atoms with Gasteiger partial charge in [0.2, 0.25) is 0 Å². The molecule has 2 rings (SSSR count). The van der Waals surface area contributed by atoms with Gasteiger partial charge in [-0.15, -0.1) is 0 Å². The number of hydrogen-bond acceptors (Lipinski definition) is 2. The van der Waals surface area contributed by atoms with E-state index in [1.165, 1.54) is 0 Å². The molecule has 1 saturated carbocycles. The van der Waals surface area contributed by atoms with Crippen LogP contribution in [0.5, 0.6) is 0 Å². The normalized spacial score (nSPS) is 21.8. The van der Waals surface area contributed by atoms with Crippen LogP contribution in [0.1, 0.15) is 24.5 Å². The Morgan fingerprint density at radius 3 is 2.33 bits per heavy atom. The van der Waals surface area contributed by atoms with Gasteiger partial charge in [-0.25, -0.2) is 0 Å². The summed E-state index contributed by atoms with van der Waals surface area (Å²) in [4.78, 5) is 0. The largest absolute Gasteiger partial charge is 0.386 e. The molecular weight excluding hydrogens is 150 g/mol. The lowest BCUT2D eigenvalue weighted by molar-refractivity contribution is 0.136. The standard InChI is InChI=1S/C10H13NO/c11-10(6-7-10)9(12)8-4-2-1-3-5-8/h1-5,9,12H,6-7,11H2/t9-/m1/s1. The van der Waals surface area contributed by atoms with Gasteiger partial charge >= 0.3 is 0 Å². The van der Waals surface area contributed by atoms with Crippen molar-refractivity contribution < 1.29 is 5.11 Å². The Morgan fingerprint density at radius 2 is 1.83 bits per heavy atom. The summed E-state index contributed by atoms with van der Waals surface area (Å²) in [6, 6.07) is 9.61. The SMILES string of the molecule is NC1([C@H](O)c2ccccc2)CC1. The molecule has 1 fully saturated rings. The highest BCUT2D eigenvalue weighted by molar-refractivity contribution is 5.24. The highest BCUT2D eigenvalue weighted by atomic mass is 16.3. The molecule has 0 saturated heterocycles. The van der Waals surface area contributed by atoms with Gasteiger partial charge < -0.3 is 10.8 Å². The van der Waals surface area contributed by atoms with E-state index in [2.05, 4.69) is 0 Å². The van der Waals surface area contributed by atoms with Crippen LogP contribution in [0.15, 0.2) is 30.3 Å². The molecule has 1 atom stereocenters. The van der Waals surface area contributed by atoms with E-state index in [4.69, 9.17) is 5.73 Å². The Morgan fingerprint density at radius 1 is 1.25 bits per heavy atom. The molecule has 1 aromatic carbocycles. The summed E-state index contributed by atoms with van der Waals surface area (Å²) in [5, 5.41) is 9.79. The first-order valence-corrected chi connectivity index (χ1v) is 4.24. The number of aliphatic hydroxyl groups is 1. The first-order chi connectivity index (χ1) is 5.72. The summed E-state index contributed by atoms with van der Waals surface area (Å²) < 4.78 is 0. The van der Waals surface area contributed by atoms with Gasteiger partial charge in [-0.3, -0.25) is 0 Å². The van der Waals surface area contributed by atoms with E-state index in [-0.39, 0.29) is 5.54 Å². The maximum atomic E-state index is 9.79. The summed E-state index contributed by atoms with van der Waals surface area (Å²) in [5.74, 6) is 0. The van der Waals surface area contributed by atoms with Crippen molar-refractivity contribution in [2.75, 3.05) is 0 Å². The van der Waals surface area contributed by atoms with Crippen LogP contribution in [0, 0.1) is 0 Å². The summed E-state index contributed by atoms with van der Waals surface area (Å²) >= 11 is 0. The van der Waals surface area contributed by atoms with E-state index in [0.29, 0.717) is 0 Å². The van der Waals surface area contributed by atoms with Crippen molar-refractivity contribution >= 4 is 0 Å². The van der Waals surface area contributed by atoms with Gasteiger partial charge in [0.1, 0.15) is 0 Å². The highest BCUT2D eigenvalue weighted by Gasteiger charge is 2.45. The molecule has 0 bridgehead atoms. The zero-order valence-corrected chi connectivity index (χ0v) is 6.90. The van der Waals surface area contributed by atoms with E-state index in [9.17, 15) is 5.11 Å². The minimum Gasteiger partial charge on any atom is -0.386 e. The molecule has 3 N–H and O–H groups in total. The Hall–Kier alpha value is -0.860. The van der Waals surface area contributed by atoms with Crippen LogP contribution in [0.25, 0.3) is 0 Å². The van der Waals surface area contributed by atoms with Gasteiger partial charge in [0.25, 0.3) is 0 Å². The molecule has 0 heterocycles. The second-order valence-electron chi connectivity index (χ2n) is 3.55. The van der Waals surface area contributed by atoms with E-state index in [1.807, 2.05) is 30.3 Å². The predicted octanol–water partition coefficient (Wildman–Crippen LogP) is 1.21. The van der Waals surface area contributed by atoms with Crippen LogP contribution >= 0.6 is 0 Å². The first kappa shape index (κ1) is 7.77. The van der Waals surface area contributed by atoms with Gasteiger partial charge in [-0.2, -0.15) is 0 Å². The number of aliphatic hydroxyl groups excluding tert-OH is 1. The minimum atomic E-state index is -0.487. The van der Waals surface area contributed by atoms with E-state index in [0.717, 1.165) is 18.4 Å². The summed E-state index contributed by atoms with van der Waals surface area (Å²) in [5.41, 5.74) is 6.47. The molecule has 1 aromatic rings. The number of nitrogens with two attached hydrogens (primary N) is 1. The van der Waals surface area contributed by atoms with Gasteiger partial charge in [-0.1, -0.05) is 30.3 Å². The van der Waals surface area contributed by atoms with E-state index >= 15 is 0 Å². The first-order valence-electron chi connectivity index (χ1n) is 4.24. The zero-order valence-electron chi connectivity index (χ0n) is 6.90. The minimum absolute atomic E-state index is 0.332. The van der Waals surface area contributed by atoms with Gasteiger partial charge in [0.15, 0.2) is 0 Å². The van der Waals surface area contributed by atoms with Crippen molar-refractivity contribution in [3.05, 3.63) is 35.9 Å². The van der Waals surface area contributed by atoms with Crippen molar-refractivity contribution in [3.8, 4) is 0 Å². The fraction of sp³-hybridized carbons (Fsp3) is 0.400. The van der Waals surface area contributed by atoms with Gasteiger partial charge in [0, 0.05) is 5.54 Å². The summed E-state index contributed by atoms with van der Waals surface area (Å²) in [6.45, 7) is 0. The fourth-order valence-corrected chi connectivity index (χ4v) is 1.39. The topological polar surface area (TPSA) is 46.2 Å². The van der Waals surface area contributed by atoms with Crippen molar-refractivity contribution in [1.29, 1.82) is 0 Å². The maximum absolute atomic E-state index is 9.79. The second kappa shape index (κ2) is 2.57. The monoisotopic (exact) mass is 163 g/mol. The third-order valence-corrected chi connectivity index (χ3v) is 2.49. The van der Waals surface area contributed by atoms with Crippen molar-refractivity contribution in [3.63, 3.8) is 0 Å². The third-order valence-electron chi connectivity index (χ3n) is 2.49. The Kier molecular flexibility index (Phi) is 1.67. The molecule has 0 unspecified atom stereocenters. The molecular formula is C10H13NO.